The molecule has 2 bridgehead atoms. The van der Waals surface area contributed by atoms with Crippen LogP contribution >= 0.6 is 0 Å². The average molecular weight is 786 g/mol. The summed E-state index contributed by atoms with van der Waals surface area (Å²) < 4.78 is 61.0. The first-order chi connectivity index (χ1) is 26.6. The molecule has 56 heavy (non-hydrogen) atoms. The number of benzene rings is 2. The fourth-order valence-electron chi connectivity index (χ4n) is 10.1. The Morgan fingerprint density at radius 2 is 1.55 bits per heavy atom. The first-order valence-corrected chi connectivity index (χ1v) is 22.9. The number of aromatic nitrogens is 3. The number of piperidine rings is 1. The summed E-state index contributed by atoms with van der Waals surface area (Å²) in [5.74, 6) is 4.02. The fraction of sp³-hybridized carbons (Fsp3) is 0.578. The number of nitrogens with zero attached hydrogens (tertiary/aromatic N) is 5. The highest BCUT2D eigenvalue weighted by atomic mass is 28.3. The SMILES string of the molecule is Cc1cc(-c2nc(OC(C)C)c3c(N4CC5CCC(C5)C4)nc(OC[C@@H]4C[C@H](F)CN4C)nc3c2F)c2c(C#C[Si](C(C)C)(C(C)C)C(C)C)c(F)ccc2c1. The first kappa shape index (κ1) is 40.3. The molecule has 2 unspecified atom stereocenters. The Hall–Kier alpha value is -3.88. The zero-order chi connectivity index (χ0) is 40.2. The van der Waals surface area contributed by atoms with Crippen molar-refractivity contribution in [2.45, 2.75) is 123 Å². The lowest BCUT2D eigenvalue weighted by Gasteiger charge is -2.38. The molecular formula is C45H58F3N5O2Si. The quantitative estimate of drug-likeness (QED) is 0.117. The number of ether oxygens (including phenoxy) is 2. The Balaban J connectivity index is 1.48. The number of halogens is 3. The van der Waals surface area contributed by atoms with Gasteiger partial charge in [-0.05, 0) is 105 Å². The van der Waals surface area contributed by atoms with Crippen LogP contribution in [0, 0.1) is 41.9 Å². The van der Waals surface area contributed by atoms with E-state index in [4.69, 9.17) is 24.4 Å². The summed E-state index contributed by atoms with van der Waals surface area (Å²) >= 11 is 0. The predicted molar refractivity (Wildman–Crippen MR) is 223 cm³/mol. The first-order valence-electron chi connectivity index (χ1n) is 20.6. The van der Waals surface area contributed by atoms with Crippen molar-refractivity contribution < 1.29 is 22.6 Å². The molecule has 0 radical (unpaired) electrons. The van der Waals surface area contributed by atoms with Crippen LogP contribution in [0.1, 0.15) is 92.2 Å². The van der Waals surface area contributed by atoms with Gasteiger partial charge in [-0.25, -0.2) is 18.2 Å². The van der Waals surface area contributed by atoms with Crippen LogP contribution in [0.3, 0.4) is 0 Å². The van der Waals surface area contributed by atoms with Crippen LogP contribution in [-0.4, -0.2) is 79.5 Å². The summed E-state index contributed by atoms with van der Waals surface area (Å²) in [7, 11) is -0.384. The summed E-state index contributed by atoms with van der Waals surface area (Å²) in [4.78, 5) is 18.8. The maximum absolute atomic E-state index is 17.7. The molecule has 3 fully saturated rings. The molecule has 4 heterocycles. The average Bonchev–Trinajstić information content (AvgIpc) is 3.65. The molecule has 4 aromatic rings. The second-order valence-electron chi connectivity index (χ2n) is 18.0. The lowest BCUT2D eigenvalue weighted by Crippen LogP contribution is -2.43. The molecule has 300 valence electrons. The number of hydrogen-bond acceptors (Lipinski definition) is 7. The standard InChI is InChI=1S/C45H58F3N5O2Si/c1-25(2)55-44-39-42(50-45(54-24-34-20-33(46)23-52(34)10)51-43(39)53-21-30-11-12-31(19-30)22-53)40(48)41(49-44)36-18-29(9)17-32-13-14-37(47)35(38(32)36)15-16-56(26(3)4,27(5)6)28(7)8/h13-14,17-18,25-28,30-31,33-34H,11-12,19-24H2,1-10H3/t30?,31?,33-,34-/m0/s1. The minimum Gasteiger partial charge on any atom is -0.474 e. The molecule has 3 aliphatic rings. The summed E-state index contributed by atoms with van der Waals surface area (Å²) in [6, 6.07) is 6.88. The number of pyridine rings is 1. The van der Waals surface area contributed by atoms with E-state index in [0.717, 1.165) is 36.9 Å². The Morgan fingerprint density at radius 3 is 2.16 bits per heavy atom. The van der Waals surface area contributed by atoms with E-state index in [2.05, 4.69) is 57.9 Å². The Kier molecular flexibility index (Phi) is 11.4. The third-order valence-electron chi connectivity index (χ3n) is 12.7. The highest BCUT2D eigenvalue weighted by Gasteiger charge is 2.42. The van der Waals surface area contributed by atoms with E-state index < -0.39 is 25.9 Å². The second-order valence-corrected chi connectivity index (χ2v) is 23.5. The molecule has 0 N–H and O–H groups in total. The van der Waals surface area contributed by atoms with Crippen molar-refractivity contribution in [1.29, 1.82) is 0 Å². The van der Waals surface area contributed by atoms with Crippen LogP contribution in [0.4, 0.5) is 19.0 Å². The molecule has 0 amide bonds. The van der Waals surface area contributed by atoms with Gasteiger partial charge in [-0.1, -0.05) is 59.6 Å². The third-order valence-corrected chi connectivity index (χ3v) is 19.0. The number of hydrogen-bond donors (Lipinski definition) is 0. The number of anilines is 1. The highest BCUT2D eigenvalue weighted by Crippen LogP contribution is 2.45. The van der Waals surface area contributed by atoms with Gasteiger partial charge in [-0.2, -0.15) is 9.97 Å². The molecule has 0 spiro atoms. The van der Waals surface area contributed by atoms with E-state index >= 15 is 8.78 Å². The number of alkyl halides is 1. The number of rotatable bonds is 10. The van der Waals surface area contributed by atoms with E-state index in [1.165, 1.54) is 12.5 Å². The topological polar surface area (TPSA) is 63.6 Å². The molecule has 11 heteroatoms. The largest absolute Gasteiger partial charge is 0.474 e. The van der Waals surface area contributed by atoms with Crippen molar-refractivity contribution in [2.75, 3.05) is 38.2 Å². The predicted octanol–water partition coefficient (Wildman–Crippen LogP) is 10.4. The maximum atomic E-state index is 17.7. The fourth-order valence-corrected chi connectivity index (χ4v) is 15.4. The highest BCUT2D eigenvalue weighted by molar-refractivity contribution is 6.90. The minimum atomic E-state index is -2.26. The van der Waals surface area contributed by atoms with Gasteiger partial charge in [-0.3, -0.25) is 4.90 Å². The van der Waals surface area contributed by atoms with Crippen LogP contribution in [0.15, 0.2) is 24.3 Å². The molecule has 7 rings (SSSR count). The summed E-state index contributed by atoms with van der Waals surface area (Å²) in [5.41, 5.74) is 6.29. The van der Waals surface area contributed by atoms with Crippen LogP contribution in [0.5, 0.6) is 11.9 Å². The van der Waals surface area contributed by atoms with Crippen molar-refractivity contribution in [1.82, 2.24) is 19.9 Å². The summed E-state index contributed by atoms with van der Waals surface area (Å²) in [6.45, 7) is 21.2. The van der Waals surface area contributed by atoms with E-state index in [1.807, 2.05) is 44.9 Å². The van der Waals surface area contributed by atoms with E-state index in [9.17, 15) is 4.39 Å². The molecule has 4 atom stereocenters. The monoisotopic (exact) mass is 785 g/mol. The lowest BCUT2D eigenvalue weighted by molar-refractivity contribution is 0.188. The van der Waals surface area contributed by atoms with Gasteiger partial charge in [0.25, 0.3) is 0 Å². The molecular weight excluding hydrogens is 728 g/mol. The minimum absolute atomic E-state index is 0.000646. The summed E-state index contributed by atoms with van der Waals surface area (Å²) in [6.07, 6.45) is 2.58. The number of fused-ring (bicyclic) bond motifs is 4. The van der Waals surface area contributed by atoms with Crippen molar-refractivity contribution >= 4 is 35.6 Å². The zero-order valence-corrected chi connectivity index (χ0v) is 35.8. The third kappa shape index (κ3) is 7.48. The smallest absolute Gasteiger partial charge is 0.319 e. The summed E-state index contributed by atoms with van der Waals surface area (Å²) in [5, 5.41) is 1.64. The van der Waals surface area contributed by atoms with Gasteiger partial charge < -0.3 is 14.4 Å². The van der Waals surface area contributed by atoms with Gasteiger partial charge in [0.1, 0.15) is 49.1 Å². The number of likely N-dealkylation sites (N-methyl/N-ethyl adjacent to an activating group) is 1. The van der Waals surface area contributed by atoms with Gasteiger partial charge >= 0.3 is 6.01 Å². The van der Waals surface area contributed by atoms with Crippen molar-refractivity contribution in [3.05, 3.63) is 47.0 Å². The molecule has 2 aromatic heterocycles. The second kappa shape index (κ2) is 15.8. The molecule has 1 saturated carbocycles. The van der Waals surface area contributed by atoms with Crippen molar-refractivity contribution in [3.8, 4) is 34.6 Å². The molecule has 2 aromatic carbocycles. The van der Waals surface area contributed by atoms with Gasteiger partial charge in [0.15, 0.2) is 5.82 Å². The maximum Gasteiger partial charge on any atom is 0.319 e. The Labute approximate surface area is 331 Å². The number of aryl methyl sites for hydroxylation is 1. The molecule has 2 aliphatic heterocycles. The Bertz CT molecular complexity index is 2150. The van der Waals surface area contributed by atoms with Crippen LogP contribution < -0.4 is 14.4 Å². The molecule has 1 aliphatic carbocycles. The van der Waals surface area contributed by atoms with Gasteiger partial charge in [0.2, 0.25) is 5.88 Å². The van der Waals surface area contributed by atoms with Crippen LogP contribution in [0.25, 0.3) is 32.9 Å². The zero-order valence-electron chi connectivity index (χ0n) is 34.8. The van der Waals surface area contributed by atoms with E-state index in [0.29, 0.717) is 63.6 Å². The number of likely N-dealkylation sites (tertiary alicyclic amines) is 1. The van der Waals surface area contributed by atoms with Crippen LogP contribution in [-0.2, 0) is 0 Å². The lowest BCUT2D eigenvalue weighted by atomic mass is 9.94. The Morgan fingerprint density at radius 1 is 0.875 bits per heavy atom. The van der Waals surface area contributed by atoms with Gasteiger partial charge in [-0.15, -0.1) is 5.54 Å². The normalized spacial score (nSPS) is 21.6. The van der Waals surface area contributed by atoms with Crippen molar-refractivity contribution in [2.24, 2.45) is 11.8 Å². The molecule has 7 nitrogen and oxygen atoms in total. The van der Waals surface area contributed by atoms with Crippen molar-refractivity contribution in [3.63, 3.8) is 0 Å². The van der Waals surface area contributed by atoms with E-state index in [-0.39, 0.29) is 47.4 Å². The van der Waals surface area contributed by atoms with Crippen LogP contribution in [0.2, 0.25) is 16.6 Å². The van der Waals surface area contributed by atoms with Gasteiger partial charge in [0, 0.05) is 36.6 Å². The van der Waals surface area contributed by atoms with Gasteiger partial charge in [0.05, 0.1) is 11.7 Å². The molecule has 2 saturated heterocycles. The van der Waals surface area contributed by atoms with E-state index in [1.54, 1.807) is 6.07 Å².